The van der Waals surface area contributed by atoms with E-state index in [-0.39, 0.29) is 5.54 Å². The van der Waals surface area contributed by atoms with E-state index in [0.29, 0.717) is 0 Å². The maximum absolute atomic E-state index is 6.13. The zero-order valence-corrected chi connectivity index (χ0v) is 12.3. The Morgan fingerprint density at radius 2 is 2.06 bits per heavy atom. The second-order valence-corrected chi connectivity index (χ2v) is 6.22. The molecule has 0 saturated carbocycles. The highest BCUT2D eigenvalue weighted by molar-refractivity contribution is 9.10. The molecule has 0 bridgehead atoms. The maximum Gasteiger partial charge on any atom is 0.0451 e. The first-order valence-corrected chi connectivity index (χ1v) is 6.36. The highest BCUT2D eigenvalue weighted by atomic mass is 79.9. The normalized spacial score (nSPS) is 12.2. The van der Waals surface area contributed by atoms with E-state index in [1.807, 2.05) is 39.1 Å². The van der Waals surface area contributed by atoms with Crippen LogP contribution in [-0.2, 0) is 6.54 Å². The zero-order valence-electron chi connectivity index (χ0n) is 9.93. The van der Waals surface area contributed by atoms with Gasteiger partial charge in [-0.2, -0.15) is 0 Å². The third-order valence-electron chi connectivity index (χ3n) is 2.13. The van der Waals surface area contributed by atoms with E-state index in [2.05, 4.69) is 20.8 Å². The zero-order chi connectivity index (χ0) is 12.3. The van der Waals surface area contributed by atoms with Gasteiger partial charge in [0.1, 0.15) is 0 Å². The molecule has 0 spiro atoms. The average Bonchev–Trinajstić information content (AvgIpc) is 2.08. The molecule has 0 unspecified atom stereocenters. The van der Waals surface area contributed by atoms with E-state index < -0.39 is 0 Å². The molecule has 2 nitrogen and oxygen atoms in total. The lowest BCUT2D eigenvalue weighted by atomic mass is 10.1. The molecule has 16 heavy (non-hydrogen) atoms. The van der Waals surface area contributed by atoms with Crippen LogP contribution in [0.5, 0.6) is 0 Å². The van der Waals surface area contributed by atoms with Gasteiger partial charge in [-0.05, 0) is 44.7 Å². The minimum atomic E-state index is -0.187. The van der Waals surface area contributed by atoms with Gasteiger partial charge in [-0.1, -0.05) is 27.5 Å². The monoisotopic (exact) mass is 304 g/mol. The molecule has 0 heterocycles. The molecule has 0 aliphatic carbocycles. The quantitative estimate of drug-likeness (QED) is 0.925. The molecule has 1 aromatic rings. The lowest BCUT2D eigenvalue weighted by molar-refractivity contribution is 0.263. The van der Waals surface area contributed by atoms with E-state index >= 15 is 0 Å². The van der Waals surface area contributed by atoms with Crippen LogP contribution >= 0.6 is 27.5 Å². The van der Waals surface area contributed by atoms with Crippen LogP contribution < -0.4 is 5.73 Å². The number of benzene rings is 1. The van der Waals surface area contributed by atoms with Gasteiger partial charge in [0.2, 0.25) is 0 Å². The minimum absolute atomic E-state index is 0.187. The Hall–Kier alpha value is -0.0900. The summed E-state index contributed by atoms with van der Waals surface area (Å²) < 4.78 is 1.05. The Kier molecular flexibility index (Phi) is 4.80. The van der Waals surface area contributed by atoms with Crippen molar-refractivity contribution in [3.05, 3.63) is 33.3 Å². The van der Waals surface area contributed by atoms with Crippen molar-refractivity contribution in [2.45, 2.75) is 25.9 Å². The highest BCUT2D eigenvalue weighted by Crippen LogP contribution is 2.22. The first kappa shape index (κ1) is 14.0. The van der Waals surface area contributed by atoms with Gasteiger partial charge in [0, 0.05) is 28.1 Å². The molecule has 90 valence electrons. The fourth-order valence-electron chi connectivity index (χ4n) is 1.71. The van der Waals surface area contributed by atoms with E-state index in [4.69, 9.17) is 17.3 Å². The van der Waals surface area contributed by atoms with Crippen LogP contribution in [0.3, 0.4) is 0 Å². The van der Waals surface area contributed by atoms with Crippen LogP contribution in [0.15, 0.2) is 22.7 Å². The van der Waals surface area contributed by atoms with Gasteiger partial charge < -0.3 is 10.6 Å². The second-order valence-electron chi connectivity index (χ2n) is 4.90. The van der Waals surface area contributed by atoms with Crippen molar-refractivity contribution < 1.29 is 0 Å². The van der Waals surface area contributed by atoms with E-state index in [1.165, 1.54) is 0 Å². The van der Waals surface area contributed by atoms with Crippen molar-refractivity contribution in [2.24, 2.45) is 5.73 Å². The molecule has 2 N–H and O–H groups in total. The molecule has 4 heteroatoms. The predicted octanol–water partition coefficient (Wildman–Crippen LogP) is 3.27. The summed E-state index contributed by atoms with van der Waals surface area (Å²) in [6.45, 7) is 5.67. The summed E-state index contributed by atoms with van der Waals surface area (Å²) in [4.78, 5) is 2.17. The summed E-state index contributed by atoms with van der Waals surface area (Å²) in [5, 5.41) is 0.796. The molecule has 0 fully saturated rings. The Morgan fingerprint density at radius 1 is 1.44 bits per heavy atom. The van der Waals surface area contributed by atoms with Crippen molar-refractivity contribution in [3.8, 4) is 0 Å². The molecular weight excluding hydrogens is 288 g/mol. The second kappa shape index (κ2) is 5.50. The predicted molar refractivity (Wildman–Crippen MR) is 73.8 cm³/mol. The summed E-state index contributed by atoms with van der Waals surface area (Å²) in [7, 11) is 2.05. The molecule has 0 amide bonds. The topological polar surface area (TPSA) is 29.3 Å². The lowest BCUT2D eigenvalue weighted by Crippen LogP contribution is -2.43. The summed E-state index contributed by atoms with van der Waals surface area (Å²) in [6.07, 6.45) is 0. The third kappa shape index (κ3) is 4.83. The number of hydrogen-bond acceptors (Lipinski definition) is 2. The van der Waals surface area contributed by atoms with Gasteiger partial charge in [0.15, 0.2) is 0 Å². The SMILES string of the molecule is CN(Cc1cc(Br)ccc1Cl)CC(C)(C)N. The fraction of sp³-hybridized carbons (Fsp3) is 0.500. The molecule has 1 aromatic carbocycles. The summed E-state index contributed by atoms with van der Waals surface area (Å²) in [6, 6.07) is 5.89. The molecular formula is C12H18BrClN2. The number of halogens is 2. The van der Waals surface area contributed by atoms with Crippen molar-refractivity contribution in [1.82, 2.24) is 4.90 Å². The van der Waals surface area contributed by atoms with Crippen LogP contribution in [0.25, 0.3) is 0 Å². The molecule has 0 saturated heterocycles. The van der Waals surface area contributed by atoms with Crippen LogP contribution in [0, 0.1) is 0 Å². The Bertz CT molecular complexity index is 361. The largest absolute Gasteiger partial charge is 0.324 e. The number of nitrogens with two attached hydrogens (primary N) is 1. The Morgan fingerprint density at radius 3 is 2.62 bits per heavy atom. The molecule has 0 aliphatic rings. The number of nitrogens with zero attached hydrogens (tertiary/aromatic N) is 1. The summed E-state index contributed by atoms with van der Waals surface area (Å²) in [5.41, 5.74) is 6.90. The van der Waals surface area contributed by atoms with Crippen molar-refractivity contribution in [2.75, 3.05) is 13.6 Å². The number of rotatable bonds is 4. The van der Waals surface area contributed by atoms with E-state index in [0.717, 1.165) is 28.1 Å². The maximum atomic E-state index is 6.13. The first-order chi connectivity index (χ1) is 7.28. The van der Waals surface area contributed by atoms with Gasteiger partial charge in [-0.25, -0.2) is 0 Å². The average molecular weight is 306 g/mol. The van der Waals surface area contributed by atoms with Gasteiger partial charge in [-0.15, -0.1) is 0 Å². The van der Waals surface area contributed by atoms with Gasteiger partial charge in [0.25, 0.3) is 0 Å². The van der Waals surface area contributed by atoms with Gasteiger partial charge >= 0.3 is 0 Å². The molecule has 1 rings (SSSR count). The minimum Gasteiger partial charge on any atom is -0.324 e. The first-order valence-electron chi connectivity index (χ1n) is 5.19. The molecule has 0 aliphatic heterocycles. The summed E-state index contributed by atoms with van der Waals surface area (Å²) >= 11 is 9.58. The third-order valence-corrected chi connectivity index (χ3v) is 2.99. The van der Waals surface area contributed by atoms with Crippen molar-refractivity contribution in [1.29, 1.82) is 0 Å². The highest BCUT2D eigenvalue weighted by Gasteiger charge is 2.14. The van der Waals surface area contributed by atoms with E-state index in [9.17, 15) is 0 Å². The molecule has 0 aromatic heterocycles. The lowest BCUT2D eigenvalue weighted by Gasteiger charge is -2.26. The van der Waals surface area contributed by atoms with Crippen molar-refractivity contribution >= 4 is 27.5 Å². The molecule has 0 radical (unpaired) electrons. The summed E-state index contributed by atoms with van der Waals surface area (Å²) in [5.74, 6) is 0. The number of likely N-dealkylation sites (N-methyl/N-ethyl adjacent to an activating group) is 1. The Labute approximate surface area is 111 Å². The van der Waals surface area contributed by atoms with Crippen LogP contribution in [0.2, 0.25) is 5.02 Å². The van der Waals surface area contributed by atoms with Crippen LogP contribution in [0.4, 0.5) is 0 Å². The van der Waals surface area contributed by atoms with Gasteiger partial charge in [-0.3, -0.25) is 0 Å². The number of hydrogen-bond donors (Lipinski definition) is 1. The standard InChI is InChI=1S/C12H18BrClN2/c1-12(2,15)8-16(3)7-9-6-10(13)4-5-11(9)14/h4-6H,7-8,15H2,1-3H3. The fourth-order valence-corrected chi connectivity index (χ4v) is 2.29. The van der Waals surface area contributed by atoms with Crippen molar-refractivity contribution in [3.63, 3.8) is 0 Å². The van der Waals surface area contributed by atoms with Crippen LogP contribution in [-0.4, -0.2) is 24.0 Å². The molecule has 0 atom stereocenters. The van der Waals surface area contributed by atoms with Crippen LogP contribution in [0.1, 0.15) is 19.4 Å². The van der Waals surface area contributed by atoms with E-state index in [1.54, 1.807) is 0 Å². The van der Waals surface area contributed by atoms with Gasteiger partial charge in [0.05, 0.1) is 0 Å². The smallest absolute Gasteiger partial charge is 0.0451 e. The Balaban J connectivity index is 2.69.